The maximum absolute atomic E-state index is 11.3. The van der Waals surface area contributed by atoms with E-state index in [2.05, 4.69) is 9.68 Å². The summed E-state index contributed by atoms with van der Waals surface area (Å²) in [6, 6.07) is 6.82. The summed E-state index contributed by atoms with van der Waals surface area (Å²) in [4.78, 5) is 11.3. The van der Waals surface area contributed by atoms with Crippen molar-refractivity contribution in [2.45, 2.75) is 13.3 Å². The zero-order valence-corrected chi connectivity index (χ0v) is 8.28. The third-order valence-corrected chi connectivity index (χ3v) is 2.29. The number of phenols is 1. The molecule has 0 unspecified atom stereocenters. The maximum atomic E-state index is 11.3. The Balaban J connectivity index is 2.33. The van der Waals surface area contributed by atoms with Gasteiger partial charge in [-0.15, -0.1) is 0 Å². The van der Waals surface area contributed by atoms with E-state index < -0.39 is 0 Å². The summed E-state index contributed by atoms with van der Waals surface area (Å²) in [5.74, 6) is 0.199. The molecule has 0 spiro atoms. The molecule has 15 heavy (non-hydrogen) atoms. The molecule has 78 valence electrons. The summed E-state index contributed by atoms with van der Waals surface area (Å²) < 4.78 is 4.65. The first kappa shape index (κ1) is 9.58. The van der Waals surface area contributed by atoms with Gasteiger partial charge in [-0.25, -0.2) is 9.95 Å². The minimum atomic E-state index is -0.351. The fourth-order valence-electron chi connectivity index (χ4n) is 1.47. The van der Waals surface area contributed by atoms with Crippen molar-refractivity contribution >= 4 is 0 Å². The molecule has 1 aromatic carbocycles. The molecule has 1 heterocycles. The van der Waals surface area contributed by atoms with Crippen LogP contribution in [0.1, 0.15) is 16.8 Å². The smallest absolute Gasteiger partial charge is 0.360 e. The highest BCUT2D eigenvalue weighted by Gasteiger charge is 2.08. The van der Waals surface area contributed by atoms with E-state index in [0.29, 0.717) is 12.0 Å². The van der Waals surface area contributed by atoms with Crippen LogP contribution in [0.3, 0.4) is 0 Å². The first-order valence-corrected chi connectivity index (χ1v) is 4.61. The number of benzene rings is 1. The zero-order valence-electron chi connectivity index (χ0n) is 8.28. The van der Waals surface area contributed by atoms with Crippen LogP contribution in [0.2, 0.25) is 0 Å². The molecule has 0 fully saturated rings. The lowest BCUT2D eigenvalue weighted by molar-refractivity contribution is 0.386. The Morgan fingerprint density at radius 3 is 2.87 bits per heavy atom. The summed E-state index contributed by atoms with van der Waals surface area (Å²) in [5.41, 5.74) is 1.85. The quantitative estimate of drug-likeness (QED) is 0.782. The van der Waals surface area contributed by atoms with Gasteiger partial charge in [-0.05, 0) is 24.6 Å². The van der Waals surface area contributed by atoms with E-state index in [9.17, 15) is 9.90 Å². The molecular formula is C11H11NO3. The highest BCUT2D eigenvalue weighted by molar-refractivity contribution is 5.31. The number of aryl methyl sites for hydroxylation is 1. The van der Waals surface area contributed by atoms with Gasteiger partial charge in [0.25, 0.3) is 0 Å². The van der Waals surface area contributed by atoms with Gasteiger partial charge in [-0.3, -0.25) is 0 Å². The molecule has 0 aliphatic heterocycles. The SMILES string of the molecule is Cc1[nH]oc(=O)c1Cc1cccc(O)c1. The molecule has 2 aromatic rings. The van der Waals surface area contributed by atoms with Crippen LogP contribution in [0, 0.1) is 6.92 Å². The number of nitrogens with one attached hydrogen (secondary N) is 1. The van der Waals surface area contributed by atoms with E-state index in [0.717, 1.165) is 11.3 Å². The molecule has 2 rings (SSSR count). The average Bonchev–Trinajstić information content (AvgIpc) is 2.50. The number of hydrogen-bond donors (Lipinski definition) is 2. The van der Waals surface area contributed by atoms with Gasteiger partial charge in [0.15, 0.2) is 0 Å². The molecule has 1 aromatic heterocycles. The van der Waals surface area contributed by atoms with Crippen LogP contribution in [0.25, 0.3) is 0 Å². The van der Waals surface area contributed by atoms with Crippen molar-refractivity contribution in [2.75, 3.05) is 0 Å². The summed E-state index contributed by atoms with van der Waals surface area (Å²) in [6.07, 6.45) is 0.464. The lowest BCUT2D eigenvalue weighted by Crippen LogP contribution is -2.03. The van der Waals surface area contributed by atoms with Crippen LogP contribution in [0.5, 0.6) is 5.75 Å². The molecular weight excluding hydrogens is 194 g/mol. The predicted molar refractivity (Wildman–Crippen MR) is 55.0 cm³/mol. The van der Waals surface area contributed by atoms with Crippen molar-refractivity contribution in [3.8, 4) is 5.75 Å². The van der Waals surface area contributed by atoms with Gasteiger partial charge in [0.1, 0.15) is 5.75 Å². The second-order valence-corrected chi connectivity index (χ2v) is 3.44. The molecule has 0 amide bonds. The van der Waals surface area contributed by atoms with Crippen molar-refractivity contribution in [3.63, 3.8) is 0 Å². The van der Waals surface area contributed by atoms with Crippen LogP contribution in [0.4, 0.5) is 0 Å². The molecule has 2 N–H and O–H groups in total. The van der Waals surface area contributed by atoms with Gasteiger partial charge in [0, 0.05) is 6.42 Å². The van der Waals surface area contributed by atoms with Crippen molar-refractivity contribution in [3.05, 3.63) is 51.5 Å². The molecule has 0 bridgehead atoms. The number of phenolic OH excluding ortho intramolecular Hbond substituents is 1. The van der Waals surface area contributed by atoms with Crippen LogP contribution in [-0.2, 0) is 6.42 Å². The van der Waals surface area contributed by atoms with Gasteiger partial charge < -0.3 is 9.63 Å². The molecule has 0 saturated carbocycles. The summed E-state index contributed by atoms with van der Waals surface area (Å²) >= 11 is 0. The second-order valence-electron chi connectivity index (χ2n) is 3.44. The molecule has 0 radical (unpaired) electrons. The van der Waals surface area contributed by atoms with Gasteiger partial charge in [0.2, 0.25) is 0 Å². The molecule has 4 heteroatoms. The summed E-state index contributed by atoms with van der Waals surface area (Å²) in [6.45, 7) is 1.78. The number of aromatic amines is 1. The van der Waals surface area contributed by atoms with Crippen LogP contribution in [0.15, 0.2) is 33.6 Å². The van der Waals surface area contributed by atoms with Gasteiger partial charge in [-0.1, -0.05) is 12.1 Å². The summed E-state index contributed by atoms with van der Waals surface area (Å²) in [5, 5.41) is 11.8. The maximum Gasteiger partial charge on any atom is 0.360 e. The fraction of sp³-hybridized carbons (Fsp3) is 0.182. The lowest BCUT2D eigenvalue weighted by Gasteiger charge is -1.99. The molecule has 0 aliphatic rings. The number of H-pyrrole nitrogens is 1. The Hall–Kier alpha value is -1.97. The van der Waals surface area contributed by atoms with Gasteiger partial charge >= 0.3 is 5.63 Å². The van der Waals surface area contributed by atoms with Crippen molar-refractivity contribution in [1.29, 1.82) is 0 Å². The number of aromatic hydroxyl groups is 1. The topological polar surface area (TPSA) is 66.2 Å². The Kier molecular flexibility index (Phi) is 2.33. The van der Waals surface area contributed by atoms with Crippen LogP contribution in [-0.4, -0.2) is 10.3 Å². The minimum absolute atomic E-state index is 0.199. The van der Waals surface area contributed by atoms with E-state index in [-0.39, 0.29) is 11.4 Å². The second kappa shape index (κ2) is 3.65. The largest absolute Gasteiger partial charge is 0.508 e. The van der Waals surface area contributed by atoms with Crippen LogP contribution >= 0.6 is 0 Å². The normalized spacial score (nSPS) is 10.5. The monoisotopic (exact) mass is 205 g/mol. The molecule has 0 atom stereocenters. The van der Waals surface area contributed by atoms with Gasteiger partial charge in [-0.2, -0.15) is 0 Å². The Labute approximate surface area is 86.1 Å². The standard InChI is InChI=1S/C11H11NO3/c1-7-10(11(14)15-12-7)6-8-3-2-4-9(13)5-8/h2-5,12-13H,6H2,1H3. The predicted octanol–water partition coefficient (Wildman–Crippen LogP) is 1.57. The minimum Gasteiger partial charge on any atom is -0.508 e. The highest BCUT2D eigenvalue weighted by atomic mass is 16.5. The Morgan fingerprint density at radius 2 is 2.27 bits per heavy atom. The average molecular weight is 205 g/mol. The van der Waals surface area contributed by atoms with Gasteiger partial charge in [0.05, 0.1) is 11.3 Å². The zero-order chi connectivity index (χ0) is 10.8. The Morgan fingerprint density at radius 1 is 1.47 bits per heavy atom. The van der Waals surface area contributed by atoms with E-state index >= 15 is 0 Å². The lowest BCUT2D eigenvalue weighted by atomic mass is 10.1. The molecule has 0 saturated heterocycles. The number of hydrogen-bond acceptors (Lipinski definition) is 3. The summed E-state index contributed by atoms with van der Waals surface area (Å²) in [7, 11) is 0. The van der Waals surface area contributed by atoms with Crippen molar-refractivity contribution in [1.82, 2.24) is 5.16 Å². The number of rotatable bonds is 2. The number of aromatic nitrogens is 1. The van der Waals surface area contributed by atoms with E-state index in [1.807, 2.05) is 6.07 Å². The third-order valence-electron chi connectivity index (χ3n) is 2.29. The van der Waals surface area contributed by atoms with Crippen LogP contribution < -0.4 is 5.63 Å². The fourth-order valence-corrected chi connectivity index (χ4v) is 1.47. The van der Waals surface area contributed by atoms with E-state index in [4.69, 9.17) is 0 Å². The van der Waals surface area contributed by atoms with E-state index in [1.54, 1.807) is 25.1 Å². The van der Waals surface area contributed by atoms with E-state index in [1.165, 1.54) is 0 Å². The Bertz CT molecular complexity index is 525. The highest BCUT2D eigenvalue weighted by Crippen LogP contribution is 2.14. The molecule has 0 aliphatic carbocycles. The van der Waals surface area contributed by atoms with Crippen molar-refractivity contribution < 1.29 is 9.63 Å². The first-order chi connectivity index (χ1) is 7.16. The molecule has 4 nitrogen and oxygen atoms in total. The third kappa shape index (κ3) is 1.93. The van der Waals surface area contributed by atoms with Crippen molar-refractivity contribution in [2.24, 2.45) is 0 Å². The first-order valence-electron chi connectivity index (χ1n) is 4.61.